The van der Waals surface area contributed by atoms with Gasteiger partial charge in [-0.1, -0.05) is 6.07 Å². The van der Waals surface area contributed by atoms with Crippen molar-refractivity contribution in [3.8, 4) is 0 Å². The molecule has 2 aliphatic rings. The third-order valence-corrected chi connectivity index (χ3v) is 4.20. The van der Waals surface area contributed by atoms with Gasteiger partial charge in [-0.05, 0) is 44.9 Å². The second-order valence-corrected chi connectivity index (χ2v) is 5.28. The number of aromatic nitrogens is 1. The number of hydrogen-bond donors (Lipinski definition) is 1. The van der Waals surface area contributed by atoms with E-state index in [4.69, 9.17) is 0 Å². The molecule has 2 saturated heterocycles. The summed E-state index contributed by atoms with van der Waals surface area (Å²) in [6.45, 7) is 4.80. The van der Waals surface area contributed by atoms with E-state index in [1.54, 1.807) is 0 Å². The number of nitrogens with one attached hydrogen (secondary N) is 1. The van der Waals surface area contributed by atoms with Gasteiger partial charge in [-0.15, -0.1) is 0 Å². The van der Waals surface area contributed by atoms with Crippen LogP contribution in [0.15, 0.2) is 24.4 Å². The standard InChI is InChI=1S/C14H21N3/c1-11(12-5-2-3-8-15-12)16-13-7-10-17-9-4-6-14(13)17/h2-3,5,8,11,13-14,16H,4,6-7,9-10H2,1H3. The van der Waals surface area contributed by atoms with Crippen molar-refractivity contribution in [2.75, 3.05) is 13.1 Å². The Hall–Kier alpha value is -0.930. The maximum atomic E-state index is 4.43. The Balaban J connectivity index is 1.64. The lowest BCUT2D eigenvalue weighted by Gasteiger charge is -2.24. The minimum Gasteiger partial charge on any atom is -0.304 e. The quantitative estimate of drug-likeness (QED) is 0.862. The average molecular weight is 231 g/mol. The lowest BCUT2D eigenvalue weighted by Crippen LogP contribution is -2.40. The van der Waals surface area contributed by atoms with E-state index in [0.717, 1.165) is 11.7 Å². The Kier molecular flexibility index (Phi) is 3.12. The van der Waals surface area contributed by atoms with Crippen molar-refractivity contribution in [1.82, 2.24) is 15.2 Å². The fourth-order valence-corrected chi connectivity index (χ4v) is 3.32. The van der Waals surface area contributed by atoms with Gasteiger partial charge in [0.1, 0.15) is 0 Å². The van der Waals surface area contributed by atoms with Crippen LogP contribution >= 0.6 is 0 Å². The summed E-state index contributed by atoms with van der Waals surface area (Å²) < 4.78 is 0. The maximum absolute atomic E-state index is 4.43. The van der Waals surface area contributed by atoms with Crippen LogP contribution in [0.5, 0.6) is 0 Å². The molecular formula is C14H21N3. The fraction of sp³-hybridized carbons (Fsp3) is 0.643. The highest BCUT2D eigenvalue weighted by atomic mass is 15.2. The summed E-state index contributed by atoms with van der Waals surface area (Å²) in [5.74, 6) is 0. The van der Waals surface area contributed by atoms with E-state index in [0.29, 0.717) is 12.1 Å². The van der Waals surface area contributed by atoms with Crippen LogP contribution < -0.4 is 5.32 Å². The van der Waals surface area contributed by atoms with Gasteiger partial charge in [0, 0.05) is 30.9 Å². The van der Waals surface area contributed by atoms with E-state index < -0.39 is 0 Å². The second-order valence-electron chi connectivity index (χ2n) is 5.28. The summed E-state index contributed by atoms with van der Waals surface area (Å²) in [4.78, 5) is 7.07. The van der Waals surface area contributed by atoms with Crippen molar-refractivity contribution in [2.24, 2.45) is 0 Å². The molecule has 17 heavy (non-hydrogen) atoms. The zero-order chi connectivity index (χ0) is 11.7. The minimum absolute atomic E-state index is 0.363. The average Bonchev–Trinajstić information content (AvgIpc) is 2.95. The van der Waals surface area contributed by atoms with Gasteiger partial charge in [0.2, 0.25) is 0 Å². The van der Waals surface area contributed by atoms with Crippen molar-refractivity contribution in [3.05, 3.63) is 30.1 Å². The normalized spacial score (nSPS) is 30.4. The lowest BCUT2D eigenvalue weighted by atomic mass is 10.0. The van der Waals surface area contributed by atoms with Crippen LogP contribution in [0.4, 0.5) is 0 Å². The first-order valence-corrected chi connectivity index (χ1v) is 6.75. The predicted octanol–water partition coefficient (Wildman–Crippen LogP) is 1.97. The Labute approximate surface area is 103 Å². The summed E-state index contributed by atoms with van der Waals surface area (Å²) in [5, 5.41) is 3.76. The highest BCUT2D eigenvalue weighted by Gasteiger charge is 2.37. The number of rotatable bonds is 3. The molecule has 0 spiro atoms. The molecule has 92 valence electrons. The van der Waals surface area contributed by atoms with Crippen molar-refractivity contribution >= 4 is 0 Å². The van der Waals surface area contributed by atoms with Crippen LogP contribution in [0.3, 0.4) is 0 Å². The van der Waals surface area contributed by atoms with Gasteiger partial charge in [-0.25, -0.2) is 0 Å². The van der Waals surface area contributed by atoms with Crippen molar-refractivity contribution in [1.29, 1.82) is 0 Å². The molecule has 0 bridgehead atoms. The molecule has 0 saturated carbocycles. The van der Waals surface area contributed by atoms with Crippen LogP contribution in [0.25, 0.3) is 0 Å². The van der Waals surface area contributed by atoms with Crippen LogP contribution in [0, 0.1) is 0 Å². The molecule has 1 aromatic rings. The van der Waals surface area contributed by atoms with Gasteiger partial charge < -0.3 is 5.32 Å². The summed E-state index contributed by atoms with van der Waals surface area (Å²) in [5.41, 5.74) is 1.16. The first-order chi connectivity index (χ1) is 8.34. The van der Waals surface area contributed by atoms with Crippen molar-refractivity contribution in [2.45, 2.75) is 44.3 Å². The number of hydrogen-bond acceptors (Lipinski definition) is 3. The predicted molar refractivity (Wildman–Crippen MR) is 68.8 cm³/mol. The highest BCUT2D eigenvalue weighted by Crippen LogP contribution is 2.29. The zero-order valence-corrected chi connectivity index (χ0v) is 10.5. The third kappa shape index (κ3) is 2.22. The molecule has 3 unspecified atom stereocenters. The maximum Gasteiger partial charge on any atom is 0.0570 e. The van der Waals surface area contributed by atoms with Crippen LogP contribution in [-0.4, -0.2) is 35.1 Å². The fourth-order valence-electron chi connectivity index (χ4n) is 3.32. The van der Waals surface area contributed by atoms with Gasteiger partial charge in [-0.3, -0.25) is 9.88 Å². The molecule has 3 nitrogen and oxygen atoms in total. The third-order valence-electron chi connectivity index (χ3n) is 4.20. The molecule has 2 aliphatic heterocycles. The molecule has 0 aromatic carbocycles. The molecule has 0 aliphatic carbocycles. The summed E-state index contributed by atoms with van der Waals surface area (Å²) in [7, 11) is 0. The SMILES string of the molecule is CC(NC1CCN2CCCC12)c1ccccn1. The first-order valence-electron chi connectivity index (χ1n) is 6.75. The second kappa shape index (κ2) is 4.75. The van der Waals surface area contributed by atoms with Gasteiger partial charge in [0.05, 0.1) is 5.69 Å². The molecule has 0 radical (unpaired) electrons. The topological polar surface area (TPSA) is 28.2 Å². The Bertz CT molecular complexity index is 365. The molecular weight excluding hydrogens is 210 g/mol. The smallest absolute Gasteiger partial charge is 0.0570 e. The molecule has 1 aromatic heterocycles. The van der Waals surface area contributed by atoms with E-state index in [-0.39, 0.29) is 0 Å². The molecule has 3 atom stereocenters. The van der Waals surface area contributed by atoms with Gasteiger partial charge in [0.25, 0.3) is 0 Å². The number of pyridine rings is 1. The molecule has 3 heterocycles. The Morgan fingerprint density at radius 1 is 1.35 bits per heavy atom. The Morgan fingerprint density at radius 2 is 2.29 bits per heavy atom. The van der Waals surface area contributed by atoms with Crippen molar-refractivity contribution < 1.29 is 0 Å². The molecule has 1 N–H and O–H groups in total. The van der Waals surface area contributed by atoms with Crippen molar-refractivity contribution in [3.63, 3.8) is 0 Å². The largest absolute Gasteiger partial charge is 0.304 e. The van der Waals surface area contributed by atoms with E-state index >= 15 is 0 Å². The van der Waals surface area contributed by atoms with Crippen LogP contribution in [-0.2, 0) is 0 Å². The summed E-state index contributed by atoms with van der Waals surface area (Å²) in [6.07, 6.45) is 5.92. The molecule has 0 amide bonds. The Morgan fingerprint density at radius 3 is 3.12 bits per heavy atom. The highest BCUT2D eigenvalue weighted by molar-refractivity contribution is 5.09. The van der Waals surface area contributed by atoms with Gasteiger partial charge in [0.15, 0.2) is 0 Å². The van der Waals surface area contributed by atoms with Crippen LogP contribution in [0.1, 0.15) is 37.9 Å². The minimum atomic E-state index is 0.363. The van der Waals surface area contributed by atoms with E-state index in [2.05, 4.69) is 34.3 Å². The number of fused-ring (bicyclic) bond motifs is 1. The van der Waals surface area contributed by atoms with E-state index in [9.17, 15) is 0 Å². The van der Waals surface area contributed by atoms with Gasteiger partial charge in [-0.2, -0.15) is 0 Å². The molecule has 2 fully saturated rings. The number of nitrogens with zero attached hydrogens (tertiary/aromatic N) is 2. The van der Waals surface area contributed by atoms with E-state index in [1.807, 2.05) is 12.3 Å². The zero-order valence-electron chi connectivity index (χ0n) is 10.5. The lowest BCUT2D eigenvalue weighted by molar-refractivity contribution is 0.290. The van der Waals surface area contributed by atoms with Gasteiger partial charge >= 0.3 is 0 Å². The summed E-state index contributed by atoms with van der Waals surface area (Å²) in [6, 6.07) is 7.96. The monoisotopic (exact) mass is 231 g/mol. The van der Waals surface area contributed by atoms with E-state index in [1.165, 1.54) is 32.4 Å². The molecule has 3 heteroatoms. The van der Waals surface area contributed by atoms with Crippen LogP contribution in [0.2, 0.25) is 0 Å². The summed E-state index contributed by atoms with van der Waals surface area (Å²) >= 11 is 0. The first kappa shape index (κ1) is 11.2. The molecule has 3 rings (SSSR count).